The zero-order valence-corrected chi connectivity index (χ0v) is 10.5. The minimum absolute atomic E-state index is 0.205. The summed E-state index contributed by atoms with van der Waals surface area (Å²) in [6.45, 7) is 1.85. The van der Waals surface area contributed by atoms with E-state index in [0.717, 1.165) is 5.56 Å². The third-order valence-corrected chi connectivity index (χ3v) is 2.76. The predicted octanol–water partition coefficient (Wildman–Crippen LogP) is 2.64. The first kappa shape index (κ1) is 12.3. The van der Waals surface area contributed by atoms with Crippen molar-refractivity contribution in [3.63, 3.8) is 0 Å². The fourth-order valence-corrected chi connectivity index (χ4v) is 1.83. The second-order valence-electron chi connectivity index (χ2n) is 3.77. The van der Waals surface area contributed by atoms with Crippen molar-refractivity contribution in [1.82, 2.24) is 9.97 Å². The summed E-state index contributed by atoms with van der Waals surface area (Å²) in [5, 5.41) is 2.95. The maximum absolute atomic E-state index is 14.2. The Morgan fingerprint density at radius 3 is 2.72 bits per heavy atom. The molecule has 2 aromatic rings. The molecule has 2 rings (SSSR count). The van der Waals surface area contributed by atoms with Crippen LogP contribution in [0.3, 0.4) is 0 Å². The lowest BCUT2D eigenvalue weighted by atomic mass is 10.1. The van der Waals surface area contributed by atoms with Gasteiger partial charge in [0.1, 0.15) is 12.1 Å². The van der Waals surface area contributed by atoms with Gasteiger partial charge in [0.25, 0.3) is 0 Å². The Kier molecular flexibility index (Phi) is 3.41. The van der Waals surface area contributed by atoms with Crippen LogP contribution in [0.1, 0.15) is 5.56 Å². The molecule has 0 unspecified atom stereocenters. The molecular formula is C13H14FN3O. The summed E-state index contributed by atoms with van der Waals surface area (Å²) < 4.78 is 19.1. The van der Waals surface area contributed by atoms with E-state index in [2.05, 4.69) is 15.3 Å². The minimum atomic E-state index is -0.413. The number of hydrogen-bond acceptors (Lipinski definition) is 4. The van der Waals surface area contributed by atoms with E-state index in [1.807, 2.05) is 6.92 Å². The number of nitrogens with one attached hydrogen (secondary N) is 1. The number of halogens is 1. The molecule has 0 amide bonds. The standard InChI is InChI=1S/C13H14FN3O/c1-8-12(16-7-17-13(8)15-2)9-5-4-6-10(18-3)11(9)14/h4-7H,1-3H3,(H,15,16,17). The molecular weight excluding hydrogens is 233 g/mol. The number of rotatable bonds is 3. The molecule has 1 aromatic carbocycles. The van der Waals surface area contributed by atoms with E-state index < -0.39 is 5.82 Å². The molecule has 0 fully saturated rings. The molecule has 0 bridgehead atoms. The molecule has 5 heteroatoms. The number of anilines is 1. The van der Waals surface area contributed by atoms with Gasteiger partial charge in [0.2, 0.25) is 0 Å². The number of methoxy groups -OCH3 is 1. The van der Waals surface area contributed by atoms with Crippen molar-refractivity contribution < 1.29 is 9.13 Å². The Bertz CT molecular complexity index is 521. The van der Waals surface area contributed by atoms with E-state index in [1.54, 1.807) is 25.2 Å². The molecule has 1 N–H and O–H groups in total. The van der Waals surface area contributed by atoms with Gasteiger partial charge < -0.3 is 10.1 Å². The maximum Gasteiger partial charge on any atom is 0.174 e. The molecule has 18 heavy (non-hydrogen) atoms. The molecule has 4 nitrogen and oxygen atoms in total. The molecule has 0 aliphatic heterocycles. The van der Waals surface area contributed by atoms with E-state index in [-0.39, 0.29) is 5.75 Å². The number of benzene rings is 1. The van der Waals surface area contributed by atoms with Crippen LogP contribution in [0.4, 0.5) is 10.2 Å². The van der Waals surface area contributed by atoms with E-state index in [9.17, 15) is 4.39 Å². The van der Waals surface area contributed by atoms with E-state index in [0.29, 0.717) is 17.1 Å². The van der Waals surface area contributed by atoms with Gasteiger partial charge in [0.15, 0.2) is 11.6 Å². The number of ether oxygens (including phenoxy) is 1. The van der Waals surface area contributed by atoms with Crippen molar-refractivity contribution in [2.45, 2.75) is 6.92 Å². The zero-order valence-electron chi connectivity index (χ0n) is 10.5. The smallest absolute Gasteiger partial charge is 0.174 e. The highest BCUT2D eigenvalue weighted by atomic mass is 19.1. The summed E-state index contributed by atoms with van der Waals surface area (Å²) in [5.41, 5.74) is 1.77. The van der Waals surface area contributed by atoms with Crippen molar-refractivity contribution in [1.29, 1.82) is 0 Å². The molecule has 94 valence electrons. The van der Waals surface area contributed by atoms with Crippen molar-refractivity contribution in [2.24, 2.45) is 0 Å². The summed E-state index contributed by atoms with van der Waals surface area (Å²) in [6.07, 6.45) is 1.41. The van der Waals surface area contributed by atoms with Crippen LogP contribution in [0.2, 0.25) is 0 Å². The van der Waals surface area contributed by atoms with Gasteiger partial charge in [-0.3, -0.25) is 0 Å². The summed E-state index contributed by atoms with van der Waals surface area (Å²) in [6, 6.07) is 4.98. The summed E-state index contributed by atoms with van der Waals surface area (Å²) >= 11 is 0. The van der Waals surface area contributed by atoms with Crippen molar-refractivity contribution in [3.8, 4) is 17.0 Å². The summed E-state index contributed by atoms with van der Waals surface area (Å²) in [4.78, 5) is 8.23. The Morgan fingerprint density at radius 2 is 2.06 bits per heavy atom. The van der Waals surface area contributed by atoms with Gasteiger partial charge in [-0.2, -0.15) is 0 Å². The molecule has 0 aliphatic carbocycles. The quantitative estimate of drug-likeness (QED) is 0.905. The maximum atomic E-state index is 14.2. The second-order valence-corrected chi connectivity index (χ2v) is 3.77. The second kappa shape index (κ2) is 5.00. The average molecular weight is 247 g/mol. The van der Waals surface area contributed by atoms with Crippen LogP contribution < -0.4 is 10.1 Å². The fourth-order valence-electron chi connectivity index (χ4n) is 1.83. The van der Waals surface area contributed by atoms with Crippen LogP contribution in [0.5, 0.6) is 5.75 Å². The average Bonchev–Trinajstić information content (AvgIpc) is 2.40. The summed E-state index contributed by atoms with van der Waals surface area (Å²) in [7, 11) is 3.20. The lowest BCUT2D eigenvalue weighted by Gasteiger charge is -2.11. The Balaban J connectivity index is 2.62. The van der Waals surface area contributed by atoms with E-state index in [4.69, 9.17) is 4.74 Å². The zero-order chi connectivity index (χ0) is 13.1. The normalized spacial score (nSPS) is 10.2. The first-order chi connectivity index (χ1) is 8.69. The van der Waals surface area contributed by atoms with Crippen molar-refractivity contribution >= 4 is 5.82 Å². The van der Waals surface area contributed by atoms with Crippen molar-refractivity contribution in [3.05, 3.63) is 35.9 Å². The Hall–Kier alpha value is -2.17. The molecule has 1 heterocycles. The summed E-state index contributed by atoms with van der Waals surface area (Å²) in [5.74, 6) is 0.475. The Morgan fingerprint density at radius 1 is 1.28 bits per heavy atom. The van der Waals surface area contributed by atoms with Gasteiger partial charge in [-0.25, -0.2) is 14.4 Å². The fraction of sp³-hybridized carbons (Fsp3) is 0.231. The highest BCUT2D eigenvalue weighted by Crippen LogP contribution is 2.31. The van der Waals surface area contributed by atoms with Crippen LogP contribution in [-0.2, 0) is 0 Å². The number of aromatic nitrogens is 2. The number of hydrogen-bond donors (Lipinski definition) is 1. The first-order valence-corrected chi connectivity index (χ1v) is 5.51. The minimum Gasteiger partial charge on any atom is -0.494 e. The Labute approximate surface area is 105 Å². The van der Waals surface area contributed by atoms with Gasteiger partial charge in [-0.05, 0) is 19.1 Å². The highest BCUT2D eigenvalue weighted by Gasteiger charge is 2.15. The van der Waals surface area contributed by atoms with Crippen LogP contribution in [-0.4, -0.2) is 24.1 Å². The monoisotopic (exact) mass is 247 g/mol. The van der Waals surface area contributed by atoms with Crippen LogP contribution in [0.15, 0.2) is 24.5 Å². The van der Waals surface area contributed by atoms with Crippen molar-refractivity contribution in [2.75, 3.05) is 19.5 Å². The lowest BCUT2D eigenvalue weighted by Crippen LogP contribution is -2.01. The van der Waals surface area contributed by atoms with Gasteiger partial charge >= 0.3 is 0 Å². The topological polar surface area (TPSA) is 47.0 Å². The van der Waals surface area contributed by atoms with Gasteiger partial charge in [0.05, 0.1) is 12.8 Å². The van der Waals surface area contributed by atoms with Crippen LogP contribution in [0.25, 0.3) is 11.3 Å². The SMILES string of the molecule is CNc1ncnc(-c2cccc(OC)c2F)c1C. The highest BCUT2D eigenvalue weighted by molar-refractivity contribution is 5.69. The van der Waals surface area contributed by atoms with Gasteiger partial charge in [-0.15, -0.1) is 0 Å². The number of nitrogens with zero attached hydrogens (tertiary/aromatic N) is 2. The third-order valence-electron chi connectivity index (χ3n) is 2.76. The van der Waals surface area contributed by atoms with Crippen LogP contribution in [0, 0.1) is 12.7 Å². The van der Waals surface area contributed by atoms with Gasteiger partial charge in [0, 0.05) is 18.2 Å². The molecule has 0 saturated carbocycles. The lowest BCUT2D eigenvalue weighted by molar-refractivity contribution is 0.387. The molecule has 0 aliphatic rings. The van der Waals surface area contributed by atoms with E-state index >= 15 is 0 Å². The molecule has 0 spiro atoms. The molecule has 1 aromatic heterocycles. The third kappa shape index (κ3) is 1.99. The molecule has 0 radical (unpaired) electrons. The molecule has 0 atom stereocenters. The van der Waals surface area contributed by atoms with E-state index in [1.165, 1.54) is 13.4 Å². The molecule has 0 saturated heterocycles. The first-order valence-electron chi connectivity index (χ1n) is 5.51. The van der Waals surface area contributed by atoms with Crippen LogP contribution >= 0.6 is 0 Å². The predicted molar refractivity (Wildman–Crippen MR) is 68.3 cm³/mol. The van der Waals surface area contributed by atoms with Gasteiger partial charge in [-0.1, -0.05) is 6.07 Å². The largest absolute Gasteiger partial charge is 0.494 e.